The Morgan fingerprint density at radius 1 is 1.18 bits per heavy atom. The van der Waals surface area contributed by atoms with Crippen LogP contribution in [0.4, 0.5) is 5.82 Å². The molecule has 2 rings (SSSR count). The first-order valence-electron chi connectivity index (χ1n) is 5.40. The maximum absolute atomic E-state index is 5.19. The van der Waals surface area contributed by atoms with Gasteiger partial charge in [0.15, 0.2) is 5.82 Å². The van der Waals surface area contributed by atoms with Crippen LogP contribution >= 0.6 is 0 Å². The third kappa shape index (κ3) is 2.20. The number of anilines is 1. The van der Waals surface area contributed by atoms with Crippen LogP contribution in [0, 0.1) is 6.92 Å². The first-order valence-corrected chi connectivity index (χ1v) is 5.40. The molecule has 0 unspecified atom stereocenters. The van der Waals surface area contributed by atoms with Crippen LogP contribution < -0.4 is 10.1 Å². The van der Waals surface area contributed by atoms with Crippen LogP contribution in [-0.2, 0) is 0 Å². The summed E-state index contributed by atoms with van der Waals surface area (Å²) in [5, 5.41) is 3.05. The molecular weight excluding hydrogens is 214 g/mol. The Morgan fingerprint density at radius 2 is 1.94 bits per heavy atom. The van der Waals surface area contributed by atoms with Crippen molar-refractivity contribution in [2.24, 2.45) is 0 Å². The number of aryl methyl sites for hydroxylation is 1. The molecule has 1 heterocycles. The molecule has 1 N–H and O–H groups in total. The highest BCUT2D eigenvalue weighted by Gasteiger charge is 2.09. The van der Waals surface area contributed by atoms with E-state index in [9.17, 15) is 0 Å². The molecule has 0 saturated carbocycles. The monoisotopic (exact) mass is 229 g/mol. The second kappa shape index (κ2) is 4.82. The van der Waals surface area contributed by atoms with Gasteiger partial charge in [-0.15, -0.1) is 0 Å². The predicted octanol–water partition coefficient (Wildman–Crippen LogP) is 2.50. The molecule has 0 aliphatic heterocycles. The summed E-state index contributed by atoms with van der Waals surface area (Å²) >= 11 is 0. The van der Waals surface area contributed by atoms with Crippen LogP contribution in [0.2, 0.25) is 0 Å². The van der Waals surface area contributed by atoms with Gasteiger partial charge in [0, 0.05) is 25.0 Å². The summed E-state index contributed by atoms with van der Waals surface area (Å²) < 4.78 is 5.19. The Hall–Kier alpha value is -2.10. The van der Waals surface area contributed by atoms with Crippen LogP contribution in [0.5, 0.6) is 5.75 Å². The fourth-order valence-electron chi connectivity index (χ4n) is 1.75. The average Bonchev–Trinajstić information content (AvgIpc) is 2.38. The Morgan fingerprint density at radius 3 is 2.59 bits per heavy atom. The minimum Gasteiger partial charge on any atom is -0.497 e. The van der Waals surface area contributed by atoms with Crippen molar-refractivity contribution in [1.29, 1.82) is 0 Å². The molecule has 0 aliphatic rings. The number of ether oxygens (including phenoxy) is 1. The molecule has 4 nitrogen and oxygen atoms in total. The third-order valence-corrected chi connectivity index (χ3v) is 2.62. The summed E-state index contributed by atoms with van der Waals surface area (Å²) in [4.78, 5) is 8.62. The fraction of sp³-hybridized carbons (Fsp3) is 0.231. The van der Waals surface area contributed by atoms with Gasteiger partial charge in [0.1, 0.15) is 11.4 Å². The van der Waals surface area contributed by atoms with Crippen LogP contribution in [0.3, 0.4) is 0 Å². The SMILES string of the molecule is CNc1nccnc1-c1ccc(OC)cc1C. The van der Waals surface area contributed by atoms with Crippen molar-refractivity contribution < 1.29 is 4.74 Å². The first-order chi connectivity index (χ1) is 8.26. The summed E-state index contributed by atoms with van der Waals surface area (Å²) in [5.74, 6) is 1.63. The lowest BCUT2D eigenvalue weighted by molar-refractivity contribution is 0.414. The number of nitrogens with zero attached hydrogens (tertiary/aromatic N) is 2. The van der Waals surface area contributed by atoms with Crippen LogP contribution in [0.25, 0.3) is 11.3 Å². The molecule has 0 atom stereocenters. The molecule has 1 aromatic heterocycles. The van der Waals surface area contributed by atoms with Crippen molar-refractivity contribution in [3.63, 3.8) is 0 Å². The maximum atomic E-state index is 5.19. The number of methoxy groups -OCH3 is 1. The zero-order valence-corrected chi connectivity index (χ0v) is 10.2. The number of rotatable bonds is 3. The molecule has 88 valence electrons. The lowest BCUT2D eigenvalue weighted by Gasteiger charge is -2.10. The molecule has 0 amide bonds. The van der Waals surface area contributed by atoms with Gasteiger partial charge in [-0.05, 0) is 30.7 Å². The number of nitrogens with one attached hydrogen (secondary N) is 1. The Balaban J connectivity index is 2.53. The Labute approximate surface area is 101 Å². The van der Waals surface area contributed by atoms with Crippen molar-refractivity contribution in [2.75, 3.05) is 19.5 Å². The highest BCUT2D eigenvalue weighted by atomic mass is 16.5. The van der Waals surface area contributed by atoms with E-state index >= 15 is 0 Å². The van der Waals surface area contributed by atoms with E-state index in [1.165, 1.54) is 0 Å². The lowest BCUT2D eigenvalue weighted by atomic mass is 10.1. The van der Waals surface area contributed by atoms with Gasteiger partial charge >= 0.3 is 0 Å². The van der Waals surface area contributed by atoms with E-state index in [2.05, 4.69) is 15.3 Å². The number of hydrogen-bond donors (Lipinski definition) is 1. The molecule has 0 radical (unpaired) electrons. The van der Waals surface area contributed by atoms with Crippen LogP contribution in [0.1, 0.15) is 5.56 Å². The second-order valence-electron chi connectivity index (χ2n) is 3.68. The van der Waals surface area contributed by atoms with Crippen molar-refractivity contribution in [3.8, 4) is 17.0 Å². The zero-order valence-electron chi connectivity index (χ0n) is 10.2. The van der Waals surface area contributed by atoms with Gasteiger partial charge in [0.05, 0.1) is 7.11 Å². The Bertz CT molecular complexity index is 526. The summed E-state index contributed by atoms with van der Waals surface area (Å²) in [7, 11) is 3.50. The van der Waals surface area contributed by atoms with Gasteiger partial charge in [-0.3, -0.25) is 4.98 Å². The van der Waals surface area contributed by atoms with Crippen LogP contribution in [-0.4, -0.2) is 24.1 Å². The van der Waals surface area contributed by atoms with Crippen LogP contribution in [0.15, 0.2) is 30.6 Å². The van der Waals surface area contributed by atoms with Crippen molar-refractivity contribution in [3.05, 3.63) is 36.2 Å². The van der Waals surface area contributed by atoms with Gasteiger partial charge < -0.3 is 10.1 Å². The number of hydrogen-bond acceptors (Lipinski definition) is 4. The van der Waals surface area contributed by atoms with E-state index in [4.69, 9.17) is 4.74 Å². The molecule has 0 saturated heterocycles. The topological polar surface area (TPSA) is 47.0 Å². The van der Waals surface area contributed by atoms with Gasteiger partial charge in [0.2, 0.25) is 0 Å². The number of aromatic nitrogens is 2. The quantitative estimate of drug-likeness (QED) is 0.878. The van der Waals surface area contributed by atoms with E-state index in [-0.39, 0.29) is 0 Å². The molecule has 2 aromatic rings. The van der Waals surface area contributed by atoms with E-state index in [1.54, 1.807) is 19.5 Å². The van der Waals surface area contributed by atoms with Gasteiger partial charge in [0.25, 0.3) is 0 Å². The normalized spacial score (nSPS) is 10.1. The summed E-state index contributed by atoms with van der Waals surface area (Å²) in [6.45, 7) is 2.03. The first kappa shape index (κ1) is 11.4. The highest BCUT2D eigenvalue weighted by Crippen LogP contribution is 2.28. The lowest BCUT2D eigenvalue weighted by Crippen LogP contribution is -1.98. The largest absolute Gasteiger partial charge is 0.497 e. The van der Waals surface area contributed by atoms with Gasteiger partial charge in [-0.1, -0.05) is 0 Å². The fourth-order valence-corrected chi connectivity index (χ4v) is 1.75. The maximum Gasteiger partial charge on any atom is 0.152 e. The second-order valence-corrected chi connectivity index (χ2v) is 3.68. The molecule has 1 aromatic carbocycles. The average molecular weight is 229 g/mol. The summed E-state index contributed by atoms with van der Waals surface area (Å²) in [6.07, 6.45) is 3.37. The minimum absolute atomic E-state index is 0.778. The molecule has 0 bridgehead atoms. The number of benzene rings is 1. The van der Waals surface area contributed by atoms with E-state index in [1.807, 2.05) is 32.2 Å². The summed E-state index contributed by atoms with van der Waals surface area (Å²) in [6, 6.07) is 5.92. The van der Waals surface area contributed by atoms with E-state index in [0.717, 1.165) is 28.4 Å². The van der Waals surface area contributed by atoms with Crippen molar-refractivity contribution >= 4 is 5.82 Å². The predicted molar refractivity (Wildman–Crippen MR) is 68.3 cm³/mol. The van der Waals surface area contributed by atoms with Crippen molar-refractivity contribution in [1.82, 2.24) is 9.97 Å². The molecule has 0 aliphatic carbocycles. The standard InChI is InChI=1S/C13H15N3O/c1-9-8-10(17-3)4-5-11(9)12-13(14-2)16-7-6-15-12/h4-8H,1-3H3,(H,14,16). The highest BCUT2D eigenvalue weighted by molar-refractivity contribution is 5.74. The molecule has 4 heteroatoms. The molecule has 0 spiro atoms. The van der Waals surface area contributed by atoms with Gasteiger partial charge in [-0.25, -0.2) is 4.98 Å². The zero-order chi connectivity index (χ0) is 12.3. The van der Waals surface area contributed by atoms with E-state index < -0.39 is 0 Å². The van der Waals surface area contributed by atoms with Gasteiger partial charge in [-0.2, -0.15) is 0 Å². The Kier molecular flexibility index (Phi) is 3.23. The third-order valence-electron chi connectivity index (χ3n) is 2.62. The smallest absolute Gasteiger partial charge is 0.152 e. The molecular formula is C13H15N3O. The molecule has 17 heavy (non-hydrogen) atoms. The summed E-state index contributed by atoms with van der Waals surface area (Å²) in [5.41, 5.74) is 3.03. The molecule has 0 fully saturated rings. The van der Waals surface area contributed by atoms with Crippen molar-refractivity contribution in [2.45, 2.75) is 6.92 Å². The van der Waals surface area contributed by atoms with E-state index in [0.29, 0.717) is 0 Å². The minimum atomic E-state index is 0.778.